The molecule has 2 rings (SSSR count). The number of aromatic nitrogens is 2. The van der Waals surface area contributed by atoms with E-state index in [1.165, 1.54) is 18.5 Å². The molecule has 0 aliphatic carbocycles. The number of rotatable bonds is 5. The molecule has 1 heterocycles. The van der Waals surface area contributed by atoms with Gasteiger partial charge in [-0.15, -0.1) is 0 Å². The Balaban J connectivity index is 1.85. The van der Waals surface area contributed by atoms with Gasteiger partial charge in [-0.25, -0.2) is 9.59 Å². The molecule has 0 saturated carbocycles. The Bertz CT molecular complexity index is 640. The number of carboxylic acid groups (broad SMARTS) is 1. The molecular weight excluding hydrogens is 276 g/mol. The summed E-state index contributed by atoms with van der Waals surface area (Å²) in [6.07, 6.45) is 1.68. The topological polar surface area (TPSA) is 117 Å². The lowest BCUT2D eigenvalue weighted by Crippen LogP contribution is -2.30. The third kappa shape index (κ3) is 4.03. The third-order valence-electron chi connectivity index (χ3n) is 2.76. The van der Waals surface area contributed by atoms with Gasteiger partial charge in [0.15, 0.2) is 5.82 Å². The molecule has 2 amide bonds. The van der Waals surface area contributed by atoms with Gasteiger partial charge in [0.25, 0.3) is 0 Å². The van der Waals surface area contributed by atoms with Crippen molar-refractivity contribution in [1.82, 2.24) is 15.5 Å². The molecule has 8 nitrogen and oxygen atoms in total. The van der Waals surface area contributed by atoms with Crippen molar-refractivity contribution < 1.29 is 19.2 Å². The fourth-order valence-corrected chi connectivity index (χ4v) is 1.75. The number of anilines is 1. The first-order chi connectivity index (χ1) is 10.1. The van der Waals surface area contributed by atoms with Crippen LogP contribution < -0.4 is 10.6 Å². The number of amides is 2. The Kier molecular flexibility index (Phi) is 4.50. The minimum atomic E-state index is -0.997. The maximum atomic E-state index is 11.7. The number of carbonyl (C=O) groups is 2. The SMILES string of the molecule is Cc1cc(NC(=O)NCCc2ncon2)ccc1C(=O)O. The first kappa shape index (κ1) is 14.5. The molecule has 3 N–H and O–H groups in total. The van der Waals surface area contributed by atoms with Crippen molar-refractivity contribution in [2.45, 2.75) is 13.3 Å². The van der Waals surface area contributed by atoms with E-state index in [0.717, 1.165) is 0 Å². The molecule has 0 atom stereocenters. The third-order valence-corrected chi connectivity index (χ3v) is 2.76. The van der Waals surface area contributed by atoms with Crippen LogP contribution in [0.5, 0.6) is 0 Å². The van der Waals surface area contributed by atoms with E-state index in [9.17, 15) is 9.59 Å². The molecule has 0 fully saturated rings. The van der Waals surface area contributed by atoms with Crippen LogP contribution in [-0.2, 0) is 6.42 Å². The lowest BCUT2D eigenvalue weighted by Gasteiger charge is -2.08. The first-order valence-corrected chi connectivity index (χ1v) is 6.20. The Labute approximate surface area is 120 Å². The van der Waals surface area contributed by atoms with Crippen LogP contribution in [0.15, 0.2) is 29.1 Å². The van der Waals surface area contributed by atoms with Crippen molar-refractivity contribution in [2.24, 2.45) is 0 Å². The normalized spacial score (nSPS) is 10.1. The van der Waals surface area contributed by atoms with Crippen molar-refractivity contribution in [3.63, 3.8) is 0 Å². The number of carboxylic acids is 1. The number of benzene rings is 1. The summed E-state index contributed by atoms with van der Waals surface area (Å²) < 4.78 is 4.57. The second-order valence-electron chi connectivity index (χ2n) is 4.31. The summed E-state index contributed by atoms with van der Waals surface area (Å²) in [5, 5.41) is 17.8. The number of carbonyl (C=O) groups excluding carboxylic acids is 1. The van der Waals surface area contributed by atoms with Gasteiger partial charge in [-0.05, 0) is 30.7 Å². The molecule has 2 aromatic rings. The fraction of sp³-hybridized carbons (Fsp3) is 0.231. The zero-order chi connectivity index (χ0) is 15.2. The number of aryl methyl sites for hydroxylation is 1. The standard InChI is InChI=1S/C13H14N4O4/c1-8-6-9(2-3-10(8)12(18)19)16-13(20)14-5-4-11-15-7-21-17-11/h2-3,6-7H,4-5H2,1H3,(H,18,19)(H2,14,16,20). The molecule has 8 heteroatoms. The van der Waals surface area contributed by atoms with Gasteiger partial charge in [0.1, 0.15) is 0 Å². The van der Waals surface area contributed by atoms with E-state index in [1.54, 1.807) is 13.0 Å². The highest BCUT2D eigenvalue weighted by molar-refractivity contribution is 5.92. The van der Waals surface area contributed by atoms with E-state index < -0.39 is 5.97 Å². The van der Waals surface area contributed by atoms with E-state index in [0.29, 0.717) is 30.0 Å². The second kappa shape index (κ2) is 6.51. The lowest BCUT2D eigenvalue weighted by molar-refractivity contribution is 0.0696. The predicted octanol–water partition coefficient (Wildman–Crippen LogP) is 1.44. The van der Waals surface area contributed by atoms with Gasteiger partial charge in [0.2, 0.25) is 6.39 Å². The summed E-state index contributed by atoms with van der Waals surface area (Å²) in [5.41, 5.74) is 1.31. The summed E-state index contributed by atoms with van der Waals surface area (Å²) in [7, 11) is 0. The van der Waals surface area contributed by atoms with Crippen molar-refractivity contribution >= 4 is 17.7 Å². The van der Waals surface area contributed by atoms with Crippen molar-refractivity contribution in [3.05, 3.63) is 41.5 Å². The highest BCUT2D eigenvalue weighted by Crippen LogP contribution is 2.15. The van der Waals surface area contributed by atoms with Crippen molar-refractivity contribution in [2.75, 3.05) is 11.9 Å². The molecule has 1 aromatic heterocycles. The van der Waals surface area contributed by atoms with Crippen molar-refractivity contribution in [3.8, 4) is 0 Å². The summed E-state index contributed by atoms with van der Waals surface area (Å²) in [6, 6.07) is 4.20. The average Bonchev–Trinajstić information content (AvgIpc) is 2.91. The molecule has 21 heavy (non-hydrogen) atoms. The minimum Gasteiger partial charge on any atom is -0.478 e. The van der Waals surface area contributed by atoms with Crippen LogP contribution >= 0.6 is 0 Å². The molecule has 0 radical (unpaired) electrons. The van der Waals surface area contributed by atoms with Crippen LogP contribution in [0, 0.1) is 6.92 Å². The maximum Gasteiger partial charge on any atom is 0.335 e. The molecule has 0 bridgehead atoms. The number of urea groups is 1. The molecule has 110 valence electrons. The van der Waals surface area contributed by atoms with E-state index in [4.69, 9.17) is 5.11 Å². The Morgan fingerprint density at radius 2 is 2.19 bits per heavy atom. The molecule has 0 aliphatic rings. The average molecular weight is 290 g/mol. The van der Waals surface area contributed by atoms with Gasteiger partial charge in [0, 0.05) is 18.7 Å². The van der Waals surface area contributed by atoms with Crippen LogP contribution in [0.3, 0.4) is 0 Å². The molecule has 1 aromatic carbocycles. The highest BCUT2D eigenvalue weighted by Gasteiger charge is 2.08. The number of aromatic carboxylic acids is 1. The lowest BCUT2D eigenvalue weighted by atomic mass is 10.1. The van der Waals surface area contributed by atoms with Gasteiger partial charge >= 0.3 is 12.0 Å². The quantitative estimate of drug-likeness (QED) is 0.767. The predicted molar refractivity (Wildman–Crippen MR) is 73.2 cm³/mol. The zero-order valence-corrected chi connectivity index (χ0v) is 11.3. The van der Waals surface area contributed by atoms with Gasteiger partial charge < -0.3 is 20.3 Å². The monoisotopic (exact) mass is 290 g/mol. The summed E-state index contributed by atoms with van der Waals surface area (Å²) >= 11 is 0. The Hall–Kier alpha value is -2.90. The summed E-state index contributed by atoms with van der Waals surface area (Å²) in [4.78, 5) is 26.4. The molecule has 0 unspecified atom stereocenters. The van der Waals surface area contributed by atoms with E-state index in [2.05, 4.69) is 25.3 Å². The van der Waals surface area contributed by atoms with Crippen LogP contribution in [0.25, 0.3) is 0 Å². The van der Waals surface area contributed by atoms with Crippen LogP contribution in [-0.4, -0.2) is 33.8 Å². The molecule has 0 aliphatic heterocycles. The molecule has 0 spiro atoms. The molecule has 0 saturated heterocycles. The maximum absolute atomic E-state index is 11.7. The number of nitrogens with zero attached hydrogens (tertiary/aromatic N) is 2. The Morgan fingerprint density at radius 1 is 1.38 bits per heavy atom. The number of hydrogen-bond acceptors (Lipinski definition) is 5. The van der Waals surface area contributed by atoms with Gasteiger partial charge in [0.05, 0.1) is 5.56 Å². The minimum absolute atomic E-state index is 0.207. The van der Waals surface area contributed by atoms with Gasteiger partial charge in [-0.2, -0.15) is 4.98 Å². The fourth-order valence-electron chi connectivity index (χ4n) is 1.75. The van der Waals surface area contributed by atoms with E-state index in [1.807, 2.05) is 0 Å². The van der Waals surface area contributed by atoms with E-state index >= 15 is 0 Å². The Morgan fingerprint density at radius 3 is 2.81 bits per heavy atom. The van der Waals surface area contributed by atoms with Crippen molar-refractivity contribution in [1.29, 1.82) is 0 Å². The van der Waals surface area contributed by atoms with Gasteiger partial charge in [-0.3, -0.25) is 0 Å². The largest absolute Gasteiger partial charge is 0.478 e. The highest BCUT2D eigenvalue weighted by atomic mass is 16.5. The smallest absolute Gasteiger partial charge is 0.335 e. The number of hydrogen-bond donors (Lipinski definition) is 3. The number of nitrogens with one attached hydrogen (secondary N) is 2. The van der Waals surface area contributed by atoms with Crippen LogP contribution in [0.1, 0.15) is 21.7 Å². The molecular formula is C13H14N4O4. The summed E-state index contributed by atoms with van der Waals surface area (Å²) in [5.74, 6) is -0.486. The van der Waals surface area contributed by atoms with Crippen LogP contribution in [0.4, 0.5) is 10.5 Å². The second-order valence-corrected chi connectivity index (χ2v) is 4.31. The van der Waals surface area contributed by atoms with Gasteiger partial charge in [-0.1, -0.05) is 5.16 Å². The zero-order valence-electron chi connectivity index (χ0n) is 11.3. The van der Waals surface area contributed by atoms with E-state index in [-0.39, 0.29) is 11.6 Å². The summed E-state index contributed by atoms with van der Waals surface area (Å²) in [6.45, 7) is 2.03. The first-order valence-electron chi connectivity index (χ1n) is 6.20. The van der Waals surface area contributed by atoms with Crippen LogP contribution in [0.2, 0.25) is 0 Å².